The predicted octanol–water partition coefficient (Wildman–Crippen LogP) is 5.90. The summed E-state index contributed by atoms with van der Waals surface area (Å²) >= 11 is 0. The second-order valence-corrected chi connectivity index (χ2v) is 7.46. The van der Waals surface area contributed by atoms with E-state index in [1.54, 1.807) is 6.07 Å². The molecule has 0 amide bonds. The van der Waals surface area contributed by atoms with Crippen LogP contribution in [0, 0.1) is 0 Å². The Balaban J connectivity index is 3.12. The highest BCUT2D eigenvalue weighted by molar-refractivity contribution is 7.72. The Kier molecular flexibility index (Phi) is 6.78. The van der Waals surface area contributed by atoms with Crippen LogP contribution in [0.1, 0.15) is 6.92 Å². The van der Waals surface area contributed by atoms with Crippen molar-refractivity contribution in [2.75, 3.05) is 6.61 Å². The first kappa shape index (κ1) is 16.9. The molecule has 1 aromatic rings. The van der Waals surface area contributed by atoms with Crippen LogP contribution in [0.2, 0.25) is 0 Å². The van der Waals surface area contributed by atoms with E-state index < -0.39 is 29.5 Å². The van der Waals surface area contributed by atoms with Gasteiger partial charge in [0.2, 0.25) is 0 Å². The third-order valence-electron chi connectivity index (χ3n) is 1.82. The summed E-state index contributed by atoms with van der Waals surface area (Å²) in [6.45, 7) is 1.30. The maximum absolute atomic E-state index is 14.5. The van der Waals surface area contributed by atoms with E-state index in [4.69, 9.17) is 4.52 Å². The topological polar surface area (TPSA) is 24.8 Å². The molecule has 0 aliphatic rings. The van der Waals surface area contributed by atoms with E-state index in [2.05, 4.69) is 4.52 Å². The highest BCUT2D eigenvalue weighted by atomic mass is 31.3. The maximum atomic E-state index is 14.5. The summed E-state index contributed by atoms with van der Waals surface area (Å²) in [5.74, 6) is 0. The van der Waals surface area contributed by atoms with Crippen molar-refractivity contribution in [3.63, 3.8) is 0 Å². The highest BCUT2D eigenvalue weighted by Gasteiger charge is 2.34. The smallest absolute Gasteiger partial charge is 0.317 e. The molecular formula is C8H10F5N2OP3. The van der Waals surface area contributed by atoms with E-state index in [1.165, 1.54) is 31.2 Å². The minimum atomic E-state index is -4.31. The van der Waals surface area contributed by atoms with Gasteiger partial charge < -0.3 is 4.52 Å². The summed E-state index contributed by atoms with van der Waals surface area (Å²) in [5.41, 5.74) is 0. The molecule has 3 nitrogen and oxygen atoms in total. The van der Waals surface area contributed by atoms with Gasteiger partial charge in [-0.1, -0.05) is 18.2 Å². The zero-order valence-corrected chi connectivity index (χ0v) is 12.3. The third-order valence-corrected chi connectivity index (χ3v) is 6.24. The molecule has 1 rings (SSSR count). The van der Waals surface area contributed by atoms with E-state index in [9.17, 15) is 21.3 Å². The van der Waals surface area contributed by atoms with Crippen LogP contribution >= 0.6 is 24.8 Å². The Morgan fingerprint density at radius 1 is 1.26 bits per heavy atom. The van der Waals surface area contributed by atoms with E-state index in [-0.39, 0.29) is 11.9 Å². The van der Waals surface area contributed by atoms with Gasteiger partial charge in [0.1, 0.15) is 0 Å². The summed E-state index contributed by atoms with van der Waals surface area (Å²) in [7, 11) is -12.4. The van der Waals surface area contributed by atoms with Gasteiger partial charge in [-0.25, -0.2) is 0 Å². The maximum Gasteiger partial charge on any atom is 0.381 e. The second kappa shape index (κ2) is 7.61. The fourth-order valence-corrected chi connectivity index (χ4v) is 4.56. The van der Waals surface area contributed by atoms with Crippen LogP contribution in [-0.4, -0.2) is 11.3 Å². The molecule has 0 aliphatic heterocycles. The van der Waals surface area contributed by atoms with Gasteiger partial charge in [0.05, 0.1) is 6.61 Å². The lowest BCUT2D eigenvalue weighted by molar-refractivity contribution is 0.248. The quantitative estimate of drug-likeness (QED) is 0.367. The van der Waals surface area contributed by atoms with Gasteiger partial charge in [0.15, 0.2) is 0 Å². The third kappa shape index (κ3) is 4.73. The van der Waals surface area contributed by atoms with Crippen molar-refractivity contribution in [1.82, 2.24) is 4.66 Å². The average molecular weight is 338 g/mol. The normalized spacial score (nSPS) is 16.4. The van der Waals surface area contributed by atoms with Crippen LogP contribution in [0.15, 0.2) is 34.8 Å². The fourth-order valence-electron chi connectivity index (χ4n) is 1.12. The molecule has 0 aromatic heterocycles. The first-order chi connectivity index (χ1) is 8.90. The minimum Gasteiger partial charge on any atom is -0.317 e. The minimum absolute atomic E-state index is 0.0857. The molecule has 19 heavy (non-hydrogen) atoms. The first-order valence-electron chi connectivity index (χ1n) is 4.96. The van der Waals surface area contributed by atoms with Crippen LogP contribution in [0.25, 0.3) is 0 Å². The van der Waals surface area contributed by atoms with Crippen molar-refractivity contribution >= 4 is 30.1 Å². The molecular weight excluding hydrogens is 328 g/mol. The van der Waals surface area contributed by atoms with Crippen molar-refractivity contribution in [2.24, 2.45) is 4.52 Å². The lowest BCUT2D eigenvalue weighted by Gasteiger charge is -2.17. The number of halogens is 5. The molecule has 0 saturated carbocycles. The molecule has 0 bridgehead atoms. The molecule has 0 fully saturated rings. The summed E-state index contributed by atoms with van der Waals surface area (Å²) in [6, 6.07) is 7.08. The van der Waals surface area contributed by atoms with Gasteiger partial charge >= 0.3 is 17.2 Å². The average Bonchev–Trinajstić information content (AvgIpc) is 2.38. The van der Waals surface area contributed by atoms with Crippen molar-refractivity contribution in [3.8, 4) is 0 Å². The predicted molar refractivity (Wildman–Crippen MR) is 68.3 cm³/mol. The van der Waals surface area contributed by atoms with Crippen LogP contribution in [0.5, 0.6) is 0 Å². The van der Waals surface area contributed by atoms with Gasteiger partial charge in [-0.05, 0) is 19.1 Å². The number of hydrogen-bond donors (Lipinski definition) is 0. The van der Waals surface area contributed by atoms with E-state index in [0.717, 1.165) is 0 Å². The zero-order chi connectivity index (χ0) is 14.5. The van der Waals surface area contributed by atoms with Crippen molar-refractivity contribution in [1.29, 1.82) is 0 Å². The lowest BCUT2D eigenvalue weighted by Crippen LogP contribution is -2.04. The molecule has 2 atom stereocenters. The molecule has 0 aliphatic carbocycles. The van der Waals surface area contributed by atoms with Crippen LogP contribution in [0.4, 0.5) is 21.3 Å². The molecule has 108 valence electrons. The lowest BCUT2D eigenvalue weighted by atomic mass is 10.4. The fraction of sp³-hybridized carbons (Fsp3) is 0.250. The molecule has 0 radical (unpaired) electrons. The van der Waals surface area contributed by atoms with Gasteiger partial charge in [-0.2, -0.15) is 21.3 Å². The standard InChI is InChI=1S/C8H10F5N2OP3/c1-2-16-19(13,8-6-4-3-5-7-8)14-18(12)15(9)17(10)11/h3-7H,2H2,1H3. The number of hydrogen-bond acceptors (Lipinski definition) is 3. The monoisotopic (exact) mass is 338 g/mol. The number of nitrogens with zero attached hydrogens (tertiary/aromatic N) is 2. The highest BCUT2D eigenvalue weighted by Crippen LogP contribution is 2.67. The Morgan fingerprint density at radius 3 is 2.32 bits per heavy atom. The van der Waals surface area contributed by atoms with Gasteiger partial charge in [-0.3, -0.25) is 0 Å². The van der Waals surface area contributed by atoms with E-state index in [0.29, 0.717) is 0 Å². The molecule has 11 heteroatoms. The van der Waals surface area contributed by atoms with Crippen LogP contribution < -0.4 is 5.30 Å². The van der Waals surface area contributed by atoms with Crippen LogP contribution in [0.3, 0.4) is 0 Å². The molecule has 1 aromatic carbocycles. The second-order valence-electron chi connectivity index (χ2n) is 3.04. The molecule has 0 heterocycles. The van der Waals surface area contributed by atoms with Crippen molar-refractivity contribution in [2.45, 2.75) is 6.92 Å². The van der Waals surface area contributed by atoms with E-state index in [1.807, 2.05) is 0 Å². The summed E-state index contributed by atoms with van der Waals surface area (Å²) in [5, 5.41) is -0.0857. The Morgan fingerprint density at radius 2 is 1.84 bits per heavy atom. The number of rotatable bonds is 6. The van der Waals surface area contributed by atoms with Crippen LogP contribution in [-0.2, 0) is 4.52 Å². The summed E-state index contributed by atoms with van der Waals surface area (Å²) < 4.78 is 70.7. The molecule has 2 unspecified atom stereocenters. The Labute approximate surface area is 110 Å². The molecule has 0 saturated heterocycles. The van der Waals surface area contributed by atoms with E-state index >= 15 is 0 Å². The van der Waals surface area contributed by atoms with Gasteiger partial charge in [0, 0.05) is 9.97 Å². The van der Waals surface area contributed by atoms with Crippen molar-refractivity contribution in [3.05, 3.63) is 30.3 Å². The summed E-state index contributed by atoms with van der Waals surface area (Å²) in [4.78, 5) is 0. The first-order valence-corrected chi connectivity index (χ1v) is 8.72. The molecule has 0 spiro atoms. The zero-order valence-electron chi connectivity index (χ0n) is 9.63. The molecule has 0 N–H and O–H groups in total. The summed E-state index contributed by atoms with van der Waals surface area (Å²) in [6.07, 6.45) is 0. The van der Waals surface area contributed by atoms with Gasteiger partial charge in [0.25, 0.3) is 7.59 Å². The number of benzene rings is 1. The SMILES string of the molecule is CCOP(F)(=NP(F)N(F)P(F)F)c1ccccc1. The van der Waals surface area contributed by atoms with Gasteiger partial charge in [-0.15, -0.1) is 4.48 Å². The Bertz CT molecular complexity index is 449. The largest absolute Gasteiger partial charge is 0.381 e. The Hall–Kier alpha value is -0.120. The van der Waals surface area contributed by atoms with Crippen molar-refractivity contribution < 1.29 is 25.8 Å².